The lowest BCUT2D eigenvalue weighted by atomic mass is 10.2. The van der Waals surface area contributed by atoms with Crippen LogP contribution in [0.25, 0.3) is 0 Å². The molecule has 1 atom stereocenters. The number of anilines is 1. The zero-order chi connectivity index (χ0) is 12.8. The van der Waals surface area contributed by atoms with Crippen LogP contribution in [0.3, 0.4) is 0 Å². The van der Waals surface area contributed by atoms with Crippen molar-refractivity contribution < 1.29 is 14.6 Å². The molecular formula is C12H17NO3S. The van der Waals surface area contributed by atoms with Crippen molar-refractivity contribution in [1.29, 1.82) is 0 Å². The Labute approximate surface area is 107 Å². The molecule has 94 valence electrons. The van der Waals surface area contributed by atoms with E-state index in [9.17, 15) is 4.79 Å². The maximum atomic E-state index is 11.0. The Bertz CT molecular complexity index is 367. The summed E-state index contributed by atoms with van der Waals surface area (Å²) in [5.41, 5.74) is 0.856. The summed E-state index contributed by atoms with van der Waals surface area (Å²) in [4.78, 5) is 12.8. The number of methoxy groups -OCH3 is 1. The van der Waals surface area contributed by atoms with E-state index in [1.807, 2.05) is 24.3 Å². The normalized spacial score (nSPS) is 11.9. The number of carboxylic acids is 1. The Kier molecular flexibility index (Phi) is 5.15. The summed E-state index contributed by atoms with van der Waals surface area (Å²) < 4.78 is 5.07. The molecule has 17 heavy (non-hydrogen) atoms. The first-order valence-electron chi connectivity index (χ1n) is 5.34. The minimum absolute atomic E-state index is 0.574. The van der Waals surface area contributed by atoms with Crippen molar-refractivity contribution >= 4 is 24.3 Å². The molecule has 0 fully saturated rings. The lowest BCUT2D eigenvalue weighted by Gasteiger charge is -2.28. The van der Waals surface area contributed by atoms with Gasteiger partial charge >= 0.3 is 5.97 Å². The van der Waals surface area contributed by atoms with Crippen molar-refractivity contribution in [3.63, 3.8) is 0 Å². The molecule has 0 aliphatic rings. The van der Waals surface area contributed by atoms with Gasteiger partial charge in [0.25, 0.3) is 0 Å². The highest BCUT2D eigenvalue weighted by atomic mass is 32.1. The van der Waals surface area contributed by atoms with Crippen LogP contribution in [-0.4, -0.2) is 36.5 Å². The van der Waals surface area contributed by atoms with E-state index in [0.29, 0.717) is 12.3 Å². The van der Waals surface area contributed by atoms with Gasteiger partial charge in [-0.15, -0.1) is 0 Å². The molecule has 0 aromatic heterocycles. The Morgan fingerprint density at radius 3 is 2.47 bits per heavy atom. The molecular weight excluding hydrogens is 238 g/mol. The second-order valence-corrected chi connectivity index (χ2v) is 4.08. The van der Waals surface area contributed by atoms with Crippen LogP contribution in [0.5, 0.6) is 5.75 Å². The number of carboxylic acid groups (broad SMARTS) is 1. The lowest BCUT2D eigenvalue weighted by molar-refractivity contribution is -0.138. The molecule has 0 bridgehead atoms. The molecule has 0 aliphatic carbocycles. The fraction of sp³-hybridized carbons (Fsp3) is 0.417. The number of nitrogens with zero attached hydrogens (tertiary/aromatic N) is 1. The highest BCUT2D eigenvalue weighted by molar-refractivity contribution is 7.80. The predicted octanol–water partition coefficient (Wildman–Crippen LogP) is 1.90. The van der Waals surface area contributed by atoms with Gasteiger partial charge in [0, 0.05) is 18.0 Å². The molecule has 5 heteroatoms. The van der Waals surface area contributed by atoms with Gasteiger partial charge in [-0.1, -0.05) is 0 Å². The molecule has 0 saturated heterocycles. The highest BCUT2D eigenvalue weighted by Gasteiger charge is 2.20. The molecule has 1 aromatic carbocycles. The number of hydrogen-bond acceptors (Lipinski definition) is 4. The van der Waals surface area contributed by atoms with Gasteiger partial charge in [-0.3, -0.25) is 0 Å². The van der Waals surface area contributed by atoms with Crippen molar-refractivity contribution in [2.75, 3.05) is 24.3 Å². The maximum Gasteiger partial charge on any atom is 0.326 e. The van der Waals surface area contributed by atoms with Crippen molar-refractivity contribution in [2.45, 2.75) is 13.0 Å². The summed E-state index contributed by atoms with van der Waals surface area (Å²) in [6.07, 6.45) is 0. The van der Waals surface area contributed by atoms with Crippen LogP contribution in [-0.2, 0) is 4.79 Å². The van der Waals surface area contributed by atoms with Crippen LogP contribution in [0, 0.1) is 0 Å². The average Bonchev–Trinajstić information content (AvgIpc) is 2.35. The van der Waals surface area contributed by atoms with Gasteiger partial charge in [-0.05, 0) is 31.2 Å². The number of aliphatic carboxylic acids is 1. The van der Waals surface area contributed by atoms with Crippen LogP contribution in [0.15, 0.2) is 24.3 Å². The molecule has 1 unspecified atom stereocenters. The first-order valence-corrected chi connectivity index (χ1v) is 5.97. The Morgan fingerprint density at radius 2 is 2.06 bits per heavy atom. The van der Waals surface area contributed by atoms with E-state index in [1.165, 1.54) is 0 Å². The van der Waals surface area contributed by atoms with Gasteiger partial charge in [0.1, 0.15) is 11.8 Å². The van der Waals surface area contributed by atoms with Crippen LogP contribution in [0.1, 0.15) is 6.92 Å². The average molecular weight is 255 g/mol. The summed E-state index contributed by atoms with van der Waals surface area (Å²) in [5.74, 6) is 0.508. The summed E-state index contributed by atoms with van der Waals surface area (Å²) >= 11 is 4.15. The molecule has 0 aliphatic heterocycles. The molecule has 4 nitrogen and oxygen atoms in total. The number of hydrogen-bond donors (Lipinski definition) is 2. The van der Waals surface area contributed by atoms with E-state index in [2.05, 4.69) is 12.6 Å². The van der Waals surface area contributed by atoms with E-state index >= 15 is 0 Å². The largest absolute Gasteiger partial charge is 0.497 e. The summed E-state index contributed by atoms with van der Waals surface area (Å²) in [6.45, 7) is 2.25. The minimum atomic E-state index is -0.845. The number of benzene rings is 1. The summed E-state index contributed by atoms with van der Waals surface area (Å²) in [7, 11) is 1.60. The second-order valence-electron chi connectivity index (χ2n) is 3.63. The Hall–Kier alpha value is -1.36. The van der Waals surface area contributed by atoms with Crippen LogP contribution in [0.2, 0.25) is 0 Å². The smallest absolute Gasteiger partial charge is 0.326 e. The first-order chi connectivity index (χ1) is 8.10. The van der Waals surface area contributed by atoms with E-state index < -0.39 is 12.0 Å². The van der Waals surface area contributed by atoms with E-state index in [4.69, 9.17) is 9.84 Å². The highest BCUT2D eigenvalue weighted by Crippen LogP contribution is 2.21. The topological polar surface area (TPSA) is 49.8 Å². The Morgan fingerprint density at radius 1 is 1.47 bits per heavy atom. The Balaban J connectivity index is 2.92. The van der Waals surface area contributed by atoms with E-state index in [1.54, 1.807) is 18.9 Å². The number of ether oxygens (including phenoxy) is 1. The van der Waals surface area contributed by atoms with Crippen LogP contribution < -0.4 is 9.64 Å². The molecule has 0 spiro atoms. The van der Waals surface area contributed by atoms with Gasteiger partial charge in [0.2, 0.25) is 0 Å². The number of thiol groups is 1. The fourth-order valence-electron chi connectivity index (χ4n) is 1.56. The quantitative estimate of drug-likeness (QED) is 0.762. The van der Waals surface area contributed by atoms with Crippen molar-refractivity contribution in [1.82, 2.24) is 0 Å². The molecule has 1 N–H and O–H groups in total. The zero-order valence-electron chi connectivity index (χ0n) is 9.96. The number of rotatable bonds is 6. The third-order valence-electron chi connectivity index (χ3n) is 2.57. The molecule has 1 aromatic rings. The van der Waals surface area contributed by atoms with Gasteiger partial charge in [0.05, 0.1) is 7.11 Å². The monoisotopic (exact) mass is 255 g/mol. The van der Waals surface area contributed by atoms with Gasteiger partial charge in [-0.2, -0.15) is 12.6 Å². The predicted molar refractivity (Wildman–Crippen MR) is 71.3 cm³/mol. The fourth-order valence-corrected chi connectivity index (χ4v) is 1.78. The first kappa shape index (κ1) is 13.7. The third-order valence-corrected chi connectivity index (χ3v) is 2.77. The SMILES string of the molecule is COc1ccc(N(CCS)C(C)C(=O)O)cc1. The van der Waals surface area contributed by atoms with Crippen LogP contribution >= 0.6 is 12.6 Å². The standard InChI is InChI=1S/C12H17NO3S/c1-9(12(14)15)13(7-8-17)10-3-5-11(16-2)6-4-10/h3-6,9,17H,7-8H2,1-2H3,(H,14,15). The molecule has 0 saturated carbocycles. The minimum Gasteiger partial charge on any atom is -0.497 e. The van der Waals surface area contributed by atoms with Gasteiger partial charge in [-0.25, -0.2) is 4.79 Å². The maximum absolute atomic E-state index is 11.0. The van der Waals surface area contributed by atoms with E-state index in [0.717, 1.165) is 11.4 Å². The van der Waals surface area contributed by atoms with E-state index in [-0.39, 0.29) is 0 Å². The van der Waals surface area contributed by atoms with Crippen LogP contribution in [0.4, 0.5) is 5.69 Å². The van der Waals surface area contributed by atoms with Crippen molar-refractivity contribution in [3.8, 4) is 5.75 Å². The molecule has 0 heterocycles. The summed E-state index contributed by atoms with van der Waals surface area (Å²) in [5, 5.41) is 9.05. The molecule has 1 rings (SSSR count). The zero-order valence-corrected chi connectivity index (χ0v) is 10.9. The summed E-state index contributed by atoms with van der Waals surface area (Å²) in [6, 6.07) is 6.75. The molecule has 0 radical (unpaired) electrons. The lowest BCUT2D eigenvalue weighted by Crippen LogP contribution is -2.40. The number of carbonyl (C=O) groups is 1. The second kappa shape index (κ2) is 6.39. The van der Waals surface area contributed by atoms with Crippen molar-refractivity contribution in [2.24, 2.45) is 0 Å². The van der Waals surface area contributed by atoms with Gasteiger partial charge in [0.15, 0.2) is 0 Å². The molecule has 0 amide bonds. The third kappa shape index (κ3) is 3.56. The van der Waals surface area contributed by atoms with Gasteiger partial charge < -0.3 is 14.7 Å². The van der Waals surface area contributed by atoms with Crippen molar-refractivity contribution in [3.05, 3.63) is 24.3 Å².